The van der Waals surface area contributed by atoms with E-state index in [-0.39, 0.29) is 5.56 Å². The molecule has 0 fully saturated rings. The molecule has 0 saturated carbocycles. The van der Waals surface area contributed by atoms with Crippen LogP contribution in [0.1, 0.15) is 31.0 Å². The van der Waals surface area contributed by atoms with Crippen LogP contribution < -0.4 is 5.56 Å². The van der Waals surface area contributed by atoms with Gasteiger partial charge in [-0.25, -0.2) is 4.79 Å². The van der Waals surface area contributed by atoms with Gasteiger partial charge in [0.2, 0.25) is 0 Å². The zero-order valence-corrected chi connectivity index (χ0v) is 10.1. The number of carboxylic acid groups (broad SMARTS) is 1. The molecule has 4 heteroatoms. The summed E-state index contributed by atoms with van der Waals surface area (Å²) in [7, 11) is 0. The van der Waals surface area contributed by atoms with E-state index in [1.54, 1.807) is 10.6 Å². The fourth-order valence-corrected chi connectivity index (χ4v) is 1.57. The lowest BCUT2D eigenvalue weighted by Gasteiger charge is -2.09. The van der Waals surface area contributed by atoms with Gasteiger partial charge in [0.25, 0.3) is 5.56 Å². The first-order chi connectivity index (χ1) is 8.06. The number of carbonyl (C=O) groups is 1. The maximum atomic E-state index is 12.0. The van der Waals surface area contributed by atoms with Crippen molar-refractivity contribution in [1.82, 2.24) is 4.57 Å². The smallest absolute Gasteiger partial charge is 0.328 e. The van der Waals surface area contributed by atoms with Crippen LogP contribution in [0.5, 0.6) is 0 Å². The molecule has 0 radical (unpaired) electrons. The van der Waals surface area contributed by atoms with Crippen LogP contribution in [0, 0.1) is 6.92 Å². The van der Waals surface area contributed by atoms with Gasteiger partial charge >= 0.3 is 5.97 Å². The monoisotopic (exact) mass is 235 g/mol. The molecule has 0 atom stereocenters. The molecule has 1 heterocycles. The second kappa shape index (κ2) is 6.03. The minimum atomic E-state index is -1.05. The van der Waals surface area contributed by atoms with Crippen LogP contribution in [0.2, 0.25) is 0 Å². The summed E-state index contributed by atoms with van der Waals surface area (Å²) in [5.41, 5.74) is 1.18. The number of nitrogens with zero attached hydrogens (tertiary/aromatic N) is 1. The van der Waals surface area contributed by atoms with Crippen molar-refractivity contribution in [3.8, 4) is 0 Å². The quantitative estimate of drug-likeness (QED) is 0.795. The standard InChI is InChI=1S/C13H17NO3/c1-3-4-9-14-10(2)5-6-11(13(14)17)7-8-12(15)16/h5-8H,3-4,9H2,1-2H3,(H,15,16)/b8-7+. The third-order valence-electron chi connectivity index (χ3n) is 2.56. The summed E-state index contributed by atoms with van der Waals surface area (Å²) in [5.74, 6) is -1.05. The van der Waals surface area contributed by atoms with E-state index in [0.29, 0.717) is 12.1 Å². The van der Waals surface area contributed by atoms with Crippen molar-refractivity contribution in [3.63, 3.8) is 0 Å². The molecule has 0 spiro atoms. The molecule has 0 aliphatic carbocycles. The van der Waals surface area contributed by atoms with E-state index >= 15 is 0 Å². The van der Waals surface area contributed by atoms with E-state index in [2.05, 4.69) is 6.92 Å². The second-order valence-electron chi connectivity index (χ2n) is 3.91. The van der Waals surface area contributed by atoms with Gasteiger partial charge in [-0.2, -0.15) is 0 Å². The number of aliphatic carboxylic acids is 1. The predicted octanol–water partition coefficient (Wildman–Crippen LogP) is 2.05. The van der Waals surface area contributed by atoms with Gasteiger partial charge in [-0.05, 0) is 31.6 Å². The summed E-state index contributed by atoms with van der Waals surface area (Å²) >= 11 is 0. The van der Waals surface area contributed by atoms with E-state index in [1.807, 2.05) is 13.0 Å². The molecule has 0 aliphatic rings. The Morgan fingerprint density at radius 1 is 1.47 bits per heavy atom. The van der Waals surface area contributed by atoms with Crippen LogP contribution in [0.4, 0.5) is 0 Å². The zero-order chi connectivity index (χ0) is 12.8. The first kappa shape index (κ1) is 13.2. The summed E-state index contributed by atoms with van der Waals surface area (Å²) in [6.07, 6.45) is 4.27. The Morgan fingerprint density at radius 3 is 2.76 bits per heavy atom. The third kappa shape index (κ3) is 3.59. The summed E-state index contributed by atoms with van der Waals surface area (Å²) < 4.78 is 1.69. The first-order valence-electron chi connectivity index (χ1n) is 5.67. The Bertz CT molecular complexity index is 486. The van der Waals surface area contributed by atoms with Gasteiger partial charge in [0.15, 0.2) is 0 Å². The largest absolute Gasteiger partial charge is 0.478 e. The Labute approximate surface area is 100 Å². The molecule has 0 bridgehead atoms. The van der Waals surface area contributed by atoms with E-state index in [9.17, 15) is 9.59 Å². The minimum absolute atomic E-state index is 0.129. The number of rotatable bonds is 5. The topological polar surface area (TPSA) is 59.3 Å². The molecule has 1 aromatic heterocycles. The minimum Gasteiger partial charge on any atom is -0.478 e. The highest BCUT2D eigenvalue weighted by Crippen LogP contribution is 2.02. The number of hydrogen-bond acceptors (Lipinski definition) is 2. The summed E-state index contributed by atoms with van der Waals surface area (Å²) in [4.78, 5) is 22.4. The molecule has 1 N–H and O–H groups in total. The third-order valence-corrected chi connectivity index (χ3v) is 2.56. The van der Waals surface area contributed by atoms with Gasteiger partial charge < -0.3 is 9.67 Å². The van der Waals surface area contributed by atoms with E-state index < -0.39 is 5.97 Å². The van der Waals surface area contributed by atoms with Crippen molar-refractivity contribution in [2.24, 2.45) is 0 Å². The van der Waals surface area contributed by atoms with Crippen molar-refractivity contribution in [1.29, 1.82) is 0 Å². The van der Waals surface area contributed by atoms with E-state index in [4.69, 9.17) is 5.11 Å². The average molecular weight is 235 g/mol. The van der Waals surface area contributed by atoms with Gasteiger partial charge in [0, 0.05) is 23.9 Å². The van der Waals surface area contributed by atoms with Crippen molar-refractivity contribution >= 4 is 12.0 Å². The molecule has 0 unspecified atom stereocenters. The Balaban J connectivity index is 3.10. The van der Waals surface area contributed by atoms with Crippen LogP contribution in [0.15, 0.2) is 23.0 Å². The van der Waals surface area contributed by atoms with Gasteiger partial charge in [-0.15, -0.1) is 0 Å². The number of hydrogen-bond donors (Lipinski definition) is 1. The maximum absolute atomic E-state index is 12.0. The van der Waals surface area contributed by atoms with Crippen molar-refractivity contribution in [2.75, 3.05) is 0 Å². The van der Waals surface area contributed by atoms with Crippen molar-refractivity contribution in [3.05, 3.63) is 39.8 Å². The highest BCUT2D eigenvalue weighted by molar-refractivity contribution is 5.85. The lowest BCUT2D eigenvalue weighted by atomic mass is 10.2. The molecule has 0 aliphatic heterocycles. The van der Waals surface area contributed by atoms with Crippen LogP contribution in [0.25, 0.3) is 6.08 Å². The SMILES string of the molecule is CCCCn1c(C)ccc(/C=C/C(=O)O)c1=O. The summed E-state index contributed by atoms with van der Waals surface area (Å²) in [6.45, 7) is 4.62. The number of pyridine rings is 1. The maximum Gasteiger partial charge on any atom is 0.328 e. The Hall–Kier alpha value is -1.84. The zero-order valence-electron chi connectivity index (χ0n) is 10.1. The van der Waals surface area contributed by atoms with Gasteiger partial charge in [-0.3, -0.25) is 4.79 Å². The Kier molecular flexibility index (Phi) is 4.69. The van der Waals surface area contributed by atoms with Crippen LogP contribution >= 0.6 is 0 Å². The van der Waals surface area contributed by atoms with Gasteiger partial charge in [0.05, 0.1) is 0 Å². The fourth-order valence-electron chi connectivity index (χ4n) is 1.57. The molecular formula is C13H17NO3. The molecule has 1 rings (SSSR count). The first-order valence-corrected chi connectivity index (χ1v) is 5.67. The fraction of sp³-hybridized carbons (Fsp3) is 0.385. The number of unbranched alkanes of at least 4 members (excludes halogenated alkanes) is 1. The normalized spacial score (nSPS) is 10.9. The molecule has 4 nitrogen and oxygen atoms in total. The average Bonchev–Trinajstić information content (AvgIpc) is 2.27. The number of carboxylic acids is 1. The molecule has 17 heavy (non-hydrogen) atoms. The highest BCUT2D eigenvalue weighted by Gasteiger charge is 2.03. The van der Waals surface area contributed by atoms with Crippen LogP contribution in [-0.2, 0) is 11.3 Å². The van der Waals surface area contributed by atoms with Crippen LogP contribution in [0.3, 0.4) is 0 Å². The van der Waals surface area contributed by atoms with Crippen LogP contribution in [-0.4, -0.2) is 15.6 Å². The molecule has 0 saturated heterocycles. The summed E-state index contributed by atoms with van der Waals surface area (Å²) in [5, 5.41) is 8.54. The van der Waals surface area contributed by atoms with Crippen molar-refractivity contribution in [2.45, 2.75) is 33.2 Å². The molecule has 92 valence electrons. The van der Waals surface area contributed by atoms with Gasteiger partial charge in [-0.1, -0.05) is 13.3 Å². The van der Waals surface area contributed by atoms with E-state index in [1.165, 1.54) is 6.08 Å². The lowest BCUT2D eigenvalue weighted by molar-refractivity contribution is -0.131. The molecule has 0 amide bonds. The number of aromatic nitrogens is 1. The highest BCUT2D eigenvalue weighted by atomic mass is 16.4. The molecule has 0 aromatic carbocycles. The van der Waals surface area contributed by atoms with Crippen molar-refractivity contribution < 1.29 is 9.90 Å². The summed E-state index contributed by atoms with van der Waals surface area (Å²) in [6, 6.07) is 3.48. The Morgan fingerprint density at radius 2 is 2.18 bits per heavy atom. The lowest BCUT2D eigenvalue weighted by Crippen LogP contribution is -2.24. The molecule has 1 aromatic rings. The molecular weight excluding hydrogens is 218 g/mol. The van der Waals surface area contributed by atoms with E-state index in [0.717, 1.165) is 24.6 Å². The number of aryl methyl sites for hydroxylation is 1. The van der Waals surface area contributed by atoms with Gasteiger partial charge in [0.1, 0.15) is 0 Å². The predicted molar refractivity (Wildman–Crippen MR) is 67.0 cm³/mol. The second-order valence-corrected chi connectivity index (χ2v) is 3.91.